The average Bonchev–Trinajstić information content (AvgIpc) is 3.15. The maximum atomic E-state index is 5.17. The lowest BCUT2D eigenvalue weighted by Gasteiger charge is -2.16. The summed E-state index contributed by atoms with van der Waals surface area (Å²) >= 11 is 0. The number of fused-ring (bicyclic) bond motifs is 1. The Morgan fingerprint density at radius 3 is 1.30 bits per heavy atom. The van der Waals surface area contributed by atoms with Crippen molar-refractivity contribution in [3.63, 3.8) is 0 Å². The molecule has 2 heterocycles. The summed E-state index contributed by atoms with van der Waals surface area (Å²) in [6.45, 7) is 0. The van der Waals surface area contributed by atoms with E-state index in [0.29, 0.717) is 23.3 Å². The molecule has 8 aromatic rings. The number of rotatable bonds is 6. The van der Waals surface area contributed by atoms with Gasteiger partial charge < -0.3 is 0 Å². The molecule has 0 radical (unpaired) electrons. The van der Waals surface area contributed by atoms with E-state index in [-0.39, 0.29) is 0 Å². The van der Waals surface area contributed by atoms with E-state index in [1.165, 1.54) is 0 Å². The molecule has 0 atom stereocenters. The predicted molar refractivity (Wildman–Crippen MR) is 186 cm³/mol. The van der Waals surface area contributed by atoms with E-state index in [4.69, 9.17) is 24.9 Å². The van der Waals surface area contributed by atoms with E-state index in [1.807, 2.05) is 109 Å². The molecular weight excluding hydrogens is 562 g/mol. The van der Waals surface area contributed by atoms with Gasteiger partial charge in [0.25, 0.3) is 0 Å². The molecule has 0 saturated heterocycles. The fourth-order valence-electron chi connectivity index (χ4n) is 5.70. The zero-order chi connectivity index (χ0) is 30.7. The second-order valence-corrected chi connectivity index (χ2v) is 10.9. The molecule has 2 aromatic heterocycles. The van der Waals surface area contributed by atoms with Crippen molar-refractivity contribution < 1.29 is 0 Å². The first kappa shape index (κ1) is 27.2. The summed E-state index contributed by atoms with van der Waals surface area (Å²) in [6, 6.07) is 55.1. The molecule has 0 spiro atoms. The van der Waals surface area contributed by atoms with Crippen LogP contribution < -0.4 is 0 Å². The SMILES string of the molecule is c1ccc(-c2cc(-c3ccc4ccccc4c3-c3nc(-c4ccccc4)nc(-c4ccccc4)n3)nc(-c3ccccc3)n2)cc1. The Morgan fingerprint density at radius 2 is 0.739 bits per heavy atom. The highest BCUT2D eigenvalue weighted by atomic mass is 15.0. The van der Waals surface area contributed by atoms with Gasteiger partial charge in [-0.15, -0.1) is 0 Å². The number of hydrogen-bond donors (Lipinski definition) is 0. The van der Waals surface area contributed by atoms with Gasteiger partial charge in [-0.25, -0.2) is 24.9 Å². The van der Waals surface area contributed by atoms with Crippen LogP contribution in [0.1, 0.15) is 0 Å². The maximum absolute atomic E-state index is 5.17. The van der Waals surface area contributed by atoms with Crippen LogP contribution in [0.4, 0.5) is 0 Å². The van der Waals surface area contributed by atoms with E-state index in [2.05, 4.69) is 54.6 Å². The summed E-state index contributed by atoms with van der Waals surface area (Å²) in [5, 5.41) is 2.12. The molecule has 0 aliphatic rings. The third-order valence-corrected chi connectivity index (χ3v) is 7.96. The molecule has 0 bridgehead atoms. The molecule has 0 fully saturated rings. The average molecular weight is 590 g/mol. The van der Waals surface area contributed by atoms with E-state index in [9.17, 15) is 0 Å². The van der Waals surface area contributed by atoms with Crippen LogP contribution in [0.2, 0.25) is 0 Å². The fraction of sp³-hybridized carbons (Fsp3) is 0. The van der Waals surface area contributed by atoms with Crippen molar-refractivity contribution >= 4 is 10.8 Å². The predicted octanol–water partition coefficient (Wildman–Crippen LogP) is 9.82. The number of benzene rings is 6. The summed E-state index contributed by atoms with van der Waals surface area (Å²) < 4.78 is 0. The molecule has 0 amide bonds. The molecule has 0 aliphatic heterocycles. The molecular formula is C41H27N5. The zero-order valence-corrected chi connectivity index (χ0v) is 24.8. The number of nitrogens with zero attached hydrogens (tertiary/aromatic N) is 5. The van der Waals surface area contributed by atoms with Crippen LogP contribution in [0.15, 0.2) is 164 Å². The van der Waals surface area contributed by atoms with Gasteiger partial charge in [0.05, 0.1) is 11.4 Å². The highest BCUT2D eigenvalue weighted by Crippen LogP contribution is 2.39. The Labute approximate surface area is 267 Å². The lowest BCUT2D eigenvalue weighted by Crippen LogP contribution is -2.02. The van der Waals surface area contributed by atoms with Gasteiger partial charge in [-0.1, -0.05) is 158 Å². The van der Waals surface area contributed by atoms with Gasteiger partial charge in [0.15, 0.2) is 23.3 Å². The Bertz CT molecular complexity index is 2170. The van der Waals surface area contributed by atoms with Crippen LogP contribution in [0.25, 0.3) is 78.8 Å². The summed E-state index contributed by atoms with van der Waals surface area (Å²) in [5.74, 6) is 2.46. The minimum Gasteiger partial charge on any atom is -0.228 e. The molecule has 5 nitrogen and oxygen atoms in total. The molecule has 5 heteroatoms. The maximum Gasteiger partial charge on any atom is 0.165 e. The van der Waals surface area contributed by atoms with E-state index in [1.54, 1.807) is 0 Å². The van der Waals surface area contributed by atoms with Crippen LogP contribution in [-0.2, 0) is 0 Å². The van der Waals surface area contributed by atoms with Crippen LogP contribution >= 0.6 is 0 Å². The van der Waals surface area contributed by atoms with Crippen molar-refractivity contribution in [2.24, 2.45) is 0 Å². The first-order chi connectivity index (χ1) is 22.8. The number of hydrogen-bond acceptors (Lipinski definition) is 5. The molecule has 0 saturated carbocycles. The molecule has 8 rings (SSSR count). The molecule has 0 unspecified atom stereocenters. The van der Waals surface area contributed by atoms with Crippen molar-refractivity contribution in [2.75, 3.05) is 0 Å². The topological polar surface area (TPSA) is 64.5 Å². The van der Waals surface area contributed by atoms with Gasteiger partial charge in [0.1, 0.15) is 0 Å². The highest BCUT2D eigenvalue weighted by Gasteiger charge is 2.20. The third kappa shape index (κ3) is 5.31. The summed E-state index contributed by atoms with van der Waals surface area (Å²) in [6.07, 6.45) is 0. The lowest BCUT2D eigenvalue weighted by atomic mass is 9.95. The van der Waals surface area contributed by atoms with Crippen molar-refractivity contribution in [3.8, 4) is 68.1 Å². The minimum absolute atomic E-state index is 0.584. The highest BCUT2D eigenvalue weighted by molar-refractivity contribution is 6.02. The Kier molecular flexibility index (Phi) is 7.09. The summed E-state index contributed by atoms with van der Waals surface area (Å²) in [7, 11) is 0. The lowest BCUT2D eigenvalue weighted by molar-refractivity contribution is 1.08. The zero-order valence-electron chi connectivity index (χ0n) is 24.8. The Balaban J connectivity index is 1.43. The second-order valence-electron chi connectivity index (χ2n) is 10.9. The summed E-state index contributed by atoms with van der Waals surface area (Å²) in [5.41, 5.74) is 7.25. The number of aromatic nitrogens is 5. The van der Waals surface area contributed by atoms with E-state index in [0.717, 1.165) is 55.5 Å². The Morgan fingerprint density at radius 1 is 0.304 bits per heavy atom. The molecule has 46 heavy (non-hydrogen) atoms. The van der Waals surface area contributed by atoms with Crippen molar-refractivity contribution in [1.82, 2.24) is 24.9 Å². The first-order valence-corrected chi connectivity index (χ1v) is 15.2. The van der Waals surface area contributed by atoms with Gasteiger partial charge in [-0.05, 0) is 16.8 Å². The monoisotopic (exact) mass is 589 g/mol. The fourth-order valence-corrected chi connectivity index (χ4v) is 5.70. The summed E-state index contributed by atoms with van der Waals surface area (Å²) in [4.78, 5) is 25.4. The Hall–Kier alpha value is -6.33. The van der Waals surface area contributed by atoms with Crippen LogP contribution in [0.5, 0.6) is 0 Å². The van der Waals surface area contributed by atoms with Crippen molar-refractivity contribution in [2.45, 2.75) is 0 Å². The second kappa shape index (κ2) is 12.0. The largest absolute Gasteiger partial charge is 0.228 e. The smallest absolute Gasteiger partial charge is 0.165 e. The standard InChI is InChI=1S/C41H27N5/c1-5-16-29(17-6-1)35-27-36(43-38(42-35)30-18-7-2-8-19-30)34-26-25-28-15-13-14-24-33(28)37(34)41-45-39(31-20-9-3-10-21-31)44-40(46-41)32-22-11-4-12-23-32/h1-27H. The molecule has 0 aliphatic carbocycles. The molecule has 216 valence electrons. The van der Waals surface area contributed by atoms with Gasteiger partial charge in [0.2, 0.25) is 0 Å². The van der Waals surface area contributed by atoms with Gasteiger partial charge >= 0.3 is 0 Å². The van der Waals surface area contributed by atoms with Gasteiger partial charge in [-0.2, -0.15) is 0 Å². The normalized spacial score (nSPS) is 11.0. The van der Waals surface area contributed by atoms with Crippen LogP contribution in [0.3, 0.4) is 0 Å². The van der Waals surface area contributed by atoms with Gasteiger partial charge in [0, 0.05) is 33.4 Å². The van der Waals surface area contributed by atoms with E-state index < -0.39 is 0 Å². The quantitative estimate of drug-likeness (QED) is 0.193. The van der Waals surface area contributed by atoms with E-state index >= 15 is 0 Å². The first-order valence-electron chi connectivity index (χ1n) is 15.2. The van der Waals surface area contributed by atoms with Crippen LogP contribution in [0, 0.1) is 0 Å². The minimum atomic E-state index is 0.584. The van der Waals surface area contributed by atoms with Gasteiger partial charge in [-0.3, -0.25) is 0 Å². The van der Waals surface area contributed by atoms with Crippen molar-refractivity contribution in [3.05, 3.63) is 164 Å². The molecule has 0 N–H and O–H groups in total. The molecule has 6 aromatic carbocycles. The van der Waals surface area contributed by atoms with Crippen molar-refractivity contribution in [1.29, 1.82) is 0 Å². The van der Waals surface area contributed by atoms with Crippen LogP contribution in [-0.4, -0.2) is 24.9 Å². The third-order valence-electron chi connectivity index (χ3n) is 7.96.